The number of aromatic nitrogens is 3. The van der Waals surface area contributed by atoms with E-state index >= 15 is 0 Å². The van der Waals surface area contributed by atoms with Gasteiger partial charge in [0, 0.05) is 42.8 Å². The van der Waals surface area contributed by atoms with E-state index in [-0.39, 0.29) is 4.90 Å². The van der Waals surface area contributed by atoms with Crippen molar-refractivity contribution in [3.05, 3.63) is 78.5 Å². The summed E-state index contributed by atoms with van der Waals surface area (Å²) in [7, 11) is -0.944. The molecular formula is C22H21N5O3S. The van der Waals surface area contributed by atoms with Crippen molar-refractivity contribution in [2.45, 2.75) is 11.8 Å². The van der Waals surface area contributed by atoms with Gasteiger partial charge in [0.2, 0.25) is 0 Å². The molecule has 4 aromatic rings. The standard InChI is InChI=1S/C22H21N5O3S/c1-16-10-18(17-6-5-9-23-12-17)15-27-19(13-24-22(16)27)14-25-26(2)31(28,29)21-8-4-7-20(11-21)30-3/h4-15H,1-3H3. The zero-order valence-corrected chi connectivity index (χ0v) is 18.1. The van der Waals surface area contributed by atoms with E-state index in [9.17, 15) is 8.42 Å². The van der Waals surface area contributed by atoms with Gasteiger partial charge < -0.3 is 4.74 Å². The summed E-state index contributed by atoms with van der Waals surface area (Å²) in [5.74, 6) is 0.457. The predicted molar refractivity (Wildman–Crippen MR) is 119 cm³/mol. The number of imidazole rings is 1. The third-order valence-electron chi connectivity index (χ3n) is 4.85. The van der Waals surface area contributed by atoms with Crippen molar-refractivity contribution >= 4 is 21.9 Å². The first kappa shape index (κ1) is 20.5. The molecule has 158 valence electrons. The highest BCUT2D eigenvalue weighted by molar-refractivity contribution is 7.89. The molecule has 0 spiro atoms. The summed E-state index contributed by atoms with van der Waals surface area (Å²) in [6.07, 6.45) is 8.59. The molecule has 3 aromatic heterocycles. The first-order valence-corrected chi connectivity index (χ1v) is 10.9. The Morgan fingerprint density at radius 2 is 1.97 bits per heavy atom. The van der Waals surface area contributed by atoms with Crippen LogP contribution in [0.25, 0.3) is 16.8 Å². The highest BCUT2D eigenvalue weighted by Crippen LogP contribution is 2.23. The van der Waals surface area contributed by atoms with Gasteiger partial charge in [0.05, 0.1) is 30.1 Å². The molecule has 0 N–H and O–H groups in total. The number of methoxy groups -OCH3 is 1. The molecule has 0 amide bonds. The molecule has 0 aliphatic carbocycles. The van der Waals surface area contributed by atoms with Crippen molar-refractivity contribution in [2.75, 3.05) is 14.2 Å². The molecule has 0 fully saturated rings. The second-order valence-electron chi connectivity index (χ2n) is 6.89. The molecule has 0 saturated heterocycles. The van der Waals surface area contributed by atoms with Gasteiger partial charge in [-0.3, -0.25) is 9.38 Å². The molecular weight excluding hydrogens is 414 g/mol. The summed E-state index contributed by atoms with van der Waals surface area (Å²) in [6, 6.07) is 12.2. The summed E-state index contributed by atoms with van der Waals surface area (Å²) in [4.78, 5) is 8.72. The molecule has 0 radical (unpaired) electrons. The molecule has 9 heteroatoms. The van der Waals surface area contributed by atoms with Crippen molar-refractivity contribution in [1.29, 1.82) is 0 Å². The van der Waals surface area contributed by atoms with Crippen LogP contribution in [-0.4, -0.2) is 47.6 Å². The van der Waals surface area contributed by atoms with Crippen LogP contribution in [0.3, 0.4) is 0 Å². The quantitative estimate of drug-likeness (QED) is 0.342. The van der Waals surface area contributed by atoms with E-state index in [4.69, 9.17) is 4.74 Å². The highest BCUT2D eigenvalue weighted by atomic mass is 32.2. The van der Waals surface area contributed by atoms with Crippen LogP contribution in [0.1, 0.15) is 11.3 Å². The van der Waals surface area contributed by atoms with E-state index in [1.165, 1.54) is 32.5 Å². The lowest BCUT2D eigenvalue weighted by Gasteiger charge is -2.14. The van der Waals surface area contributed by atoms with Crippen molar-refractivity contribution in [3.63, 3.8) is 0 Å². The van der Waals surface area contributed by atoms with Crippen LogP contribution >= 0.6 is 0 Å². The van der Waals surface area contributed by atoms with Gasteiger partial charge >= 0.3 is 0 Å². The molecule has 4 rings (SSSR count). The van der Waals surface area contributed by atoms with Crippen molar-refractivity contribution in [3.8, 4) is 16.9 Å². The summed E-state index contributed by atoms with van der Waals surface area (Å²) in [6.45, 7) is 1.97. The van der Waals surface area contributed by atoms with Gasteiger partial charge in [-0.2, -0.15) is 17.9 Å². The molecule has 31 heavy (non-hydrogen) atoms. The maximum absolute atomic E-state index is 12.8. The second kappa shape index (κ2) is 8.19. The molecule has 0 aliphatic rings. The summed E-state index contributed by atoms with van der Waals surface area (Å²) >= 11 is 0. The van der Waals surface area contributed by atoms with E-state index in [2.05, 4.69) is 15.1 Å². The largest absolute Gasteiger partial charge is 0.497 e. The lowest BCUT2D eigenvalue weighted by molar-refractivity contribution is 0.413. The first-order valence-electron chi connectivity index (χ1n) is 9.45. The van der Waals surface area contributed by atoms with Crippen LogP contribution in [0.4, 0.5) is 0 Å². The first-order chi connectivity index (χ1) is 14.9. The van der Waals surface area contributed by atoms with E-state index in [0.29, 0.717) is 11.4 Å². The van der Waals surface area contributed by atoms with Crippen molar-refractivity contribution in [2.24, 2.45) is 5.10 Å². The number of rotatable bonds is 6. The van der Waals surface area contributed by atoms with Crippen LogP contribution < -0.4 is 4.74 Å². The van der Waals surface area contributed by atoms with Gasteiger partial charge in [-0.15, -0.1) is 0 Å². The van der Waals surface area contributed by atoms with E-state index in [1.54, 1.807) is 30.7 Å². The zero-order valence-electron chi connectivity index (χ0n) is 17.3. The molecule has 3 heterocycles. The van der Waals surface area contributed by atoms with Gasteiger partial charge in [-0.1, -0.05) is 12.1 Å². The SMILES string of the molecule is COc1cccc(S(=O)(=O)N(C)N=Cc2cnc3c(C)cc(-c4cccnc4)cn23)c1. The van der Waals surface area contributed by atoms with Gasteiger partial charge in [-0.25, -0.2) is 4.98 Å². The van der Waals surface area contributed by atoms with Gasteiger partial charge in [-0.05, 0) is 36.8 Å². The van der Waals surface area contributed by atoms with Gasteiger partial charge in [0.1, 0.15) is 11.4 Å². The minimum absolute atomic E-state index is 0.0966. The molecule has 1 aromatic carbocycles. The third-order valence-corrected chi connectivity index (χ3v) is 6.49. The number of pyridine rings is 2. The van der Waals surface area contributed by atoms with Crippen LogP contribution in [-0.2, 0) is 10.0 Å². The Hall–Kier alpha value is -3.72. The Morgan fingerprint density at radius 3 is 2.71 bits per heavy atom. The zero-order chi connectivity index (χ0) is 22.0. The van der Waals surface area contributed by atoms with E-state index < -0.39 is 10.0 Å². The summed E-state index contributed by atoms with van der Waals surface area (Å²) < 4.78 is 33.6. The Bertz CT molecular complexity index is 1360. The fourth-order valence-electron chi connectivity index (χ4n) is 3.18. The molecule has 0 bridgehead atoms. The summed E-state index contributed by atoms with van der Waals surface area (Å²) in [5, 5.41) is 4.16. The van der Waals surface area contributed by atoms with E-state index in [0.717, 1.165) is 26.8 Å². The number of nitrogens with zero attached hydrogens (tertiary/aromatic N) is 5. The molecule has 0 saturated carbocycles. The number of ether oxygens (including phenoxy) is 1. The number of sulfonamides is 1. The molecule has 0 atom stereocenters. The maximum Gasteiger partial charge on any atom is 0.278 e. The second-order valence-corrected chi connectivity index (χ2v) is 8.84. The van der Waals surface area contributed by atoms with Crippen molar-refractivity contribution < 1.29 is 13.2 Å². The topological polar surface area (TPSA) is 89.2 Å². The maximum atomic E-state index is 12.8. The Morgan fingerprint density at radius 1 is 1.13 bits per heavy atom. The van der Waals surface area contributed by atoms with Gasteiger partial charge in [0.15, 0.2) is 0 Å². The highest BCUT2D eigenvalue weighted by Gasteiger charge is 2.20. The van der Waals surface area contributed by atoms with Crippen molar-refractivity contribution in [1.82, 2.24) is 18.8 Å². The molecule has 8 nitrogen and oxygen atoms in total. The smallest absolute Gasteiger partial charge is 0.278 e. The molecule has 0 unspecified atom stereocenters. The van der Waals surface area contributed by atoms with Crippen LogP contribution in [0.15, 0.2) is 77.2 Å². The minimum atomic E-state index is -3.82. The number of aryl methyl sites for hydroxylation is 1. The normalized spacial score (nSPS) is 11.8. The van der Waals surface area contributed by atoms with Gasteiger partial charge in [0.25, 0.3) is 10.0 Å². The number of hydrazone groups is 1. The van der Waals surface area contributed by atoms with E-state index in [1.807, 2.05) is 35.7 Å². The Balaban J connectivity index is 1.68. The number of hydrogen-bond acceptors (Lipinski definition) is 6. The number of fused-ring (bicyclic) bond motifs is 1. The fourth-order valence-corrected chi connectivity index (χ4v) is 4.17. The summed E-state index contributed by atoms with van der Waals surface area (Å²) in [5.41, 5.74) is 4.35. The average Bonchev–Trinajstić information content (AvgIpc) is 3.21. The monoisotopic (exact) mass is 435 g/mol. The lowest BCUT2D eigenvalue weighted by atomic mass is 10.1. The Labute approximate surface area is 180 Å². The van der Waals surface area contributed by atoms with Crippen LogP contribution in [0.2, 0.25) is 0 Å². The van der Waals surface area contributed by atoms with Crippen LogP contribution in [0.5, 0.6) is 5.75 Å². The lowest BCUT2D eigenvalue weighted by Crippen LogP contribution is -2.22. The average molecular weight is 436 g/mol. The van der Waals surface area contributed by atoms with Crippen LogP contribution in [0, 0.1) is 6.92 Å². The third kappa shape index (κ3) is 3.99. The molecule has 0 aliphatic heterocycles. The predicted octanol–water partition coefficient (Wildman–Crippen LogP) is 3.37. The fraction of sp³-hybridized carbons (Fsp3) is 0.136. The Kier molecular flexibility index (Phi) is 5.43. The minimum Gasteiger partial charge on any atom is -0.497 e. The number of benzene rings is 1. The number of hydrogen-bond donors (Lipinski definition) is 0.